The largest absolute Gasteiger partial charge is 0.354 e. The van der Waals surface area contributed by atoms with E-state index < -0.39 is 16.1 Å². The minimum absolute atomic E-state index is 0.0286. The molecule has 1 unspecified atom stereocenters. The van der Waals surface area contributed by atoms with Gasteiger partial charge in [-0.25, -0.2) is 12.8 Å². The van der Waals surface area contributed by atoms with Crippen LogP contribution in [0.4, 0.5) is 10.1 Å². The number of carbonyl (C=O) groups is 2. The molecule has 0 spiro atoms. The van der Waals surface area contributed by atoms with Crippen molar-refractivity contribution in [3.05, 3.63) is 101 Å². The van der Waals surface area contributed by atoms with Gasteiger partial charge in [0.1, 0.15) is 11.9 Å². The van der Waals surface area contributed by atoms with Gasteiger partial charge in [-0.15, -0.1) is 0 Å². The van der Waals surface area contributed by atoms with Crippen LogP contribution in [-0.4, -0.2) is 50.5 Å². The monoisotopic (exact) mass is 595 g/mol. The lowest BCUT2D eigenvalue weighted by Gasteiger charge is -2.32. The topological polar surface area (TPSA) is 86.8 Å². The Morgan fingerprint density at radius 3 is 2.17 bits per heavy atom. The first kappa shape index (κ1) is 32.8. The lowest BCUT2D eigenvalue weighted by atomic mass is 10.0. The van der Waals surface area contributed by atoms with E-state index in [2.05, 4.69) is 5.32 Å². The molecule has 3 rings (SSSR count). The fourth-order valence-electron chi connectivity index (χ4n) is 4.65. The van der Waals surface area contributed by atoms with Crippen LogP contribution in [0.25, 0.3) is 0 Å². The molecule has 0 heterocycles. The molecule has 0 fully saturated rings. The Hall–Kier alpha value is -3.72. The molecular weight excluding hydrogens is 553 g/mol. The Morgan fingerprint density at radius 1 is 0.905 bits per heavy atom. The van der Waals surface area contributed by atoms with Crippen LogP contribution in [0.15, 0.2) is 72.8 Å². The summed E-state index contributed by atoms with van der Waals surface area (Å²) in [5, 5.41) is 2.98. The van der Waals surface area contributed by atoms with Crippen molar-refractivity contribution in [1.82, 2.24) is 10.2 Å². The zero-order valence-electron chi connectivity index (χ0n) is 25.1. The van der Waals surface area contributed by atoms with E-state index in [0.29, 0.717) is 24.2 Å². The van der Waals surface area contributed by atoms with Crippen LogP contribution < -0.4 is 9.62 Å². The first-order valence-corrected chi connectivity index (χ1v) is 16.1. The average Bonchev–Trinajstić information content (AvgIpc) is 2.94. The van der Waals surface area contributed by atoms with Gasteiger partial charge in [-0.2, -0.15) is 0 Å². The molecule has 0 bridgehead atoms. The molecule has 0 saturated heterocycles. The normalized spacial score (nSPS) is 12.2. The number of anilines is 1. The highest BCUT2D eigenvalue weighted by molar-refractivity contribution is 7.92. The summed E-state index contributed by atoms with van der Waals surface area (Å²) < 4.78 is 40.3. The molecule has 3 aromatic carbocycles. The molecule has 42 heavy (non-hydrogen) atoms. The highest BCUT2D eigenvalue weighted by atomic mass is 32.2. The lowest BCUT2D eigenvalue weighted by molar-refractivity contribution is -0.141. The third-order valence-corrected chi connectivity index (χ3v) is 8.35. The van der Waals surface area contributed by atoms with Crippen LogP contribution in [0.2, 0.25) is 0 Å². The van der Waals surface area contributed by atoms with Gasteiger partial charge >= 0.3 is 0 Å². The van der Waals surface area contributed by atoms with Crippen molar-refractivity contribution in [2.45, 2.75) is 59.5 Å². The maximum absolute atomic E-state index is 13.9. The molecule has 1 N–H and O–H groups in total. The molecule has 0 radical (unpaired) electrons. The first-order chi connectivity index (χ1) is 19.8. The quantitative estimate of drug-likeness (QED) is 0.270. The number of benzene rings is 3. The highest BCUT2D eigenvalue weighted by Gasteiger charge is 2.30. The first-order valence-electron chi connectivity index (χ1n) is 14.3. The van der Waals surface area contributed by atoms with E-state index in [1.807, 2.05) is 70.2 Å². The Bertz CT molecular complexity index is 1440. The van der Waals surface area contributed by atoms with Crippen LogP contribution in [-0.2, 0) is 32.6 Å². The molecule has 0 aliphatic rings. The number of aryl methyl sites for hydroxylation is 2. The van der Waals surface area contributed by atoms with Crippen molar-refractivity contribution in [2.75, 3.05) is 23.7 Å². The van der Waals surface area contributed by atoms with Crippen molar-refractivity contribution in [2.24, 2.45) is 5.92 Å². The van der Waals surface area contributed by atoms with Crippen molar-refractivity contribution in [3.8, 4) is 0 Å². The van der Waals surface area contributed by atoms with Gasteiger partial charge < -0.3 is 10.2 Å². The van der Waals surface area contributed by atoms with Gasteiger partial charge in [0.05, 0.1) is 11.9 Å². The van der Waals surface area contributed by atoms with Gasteiger partial charge in [-0.05, 0) is 72.7 Å². The van der Waals surface area contributed by atoms with Gasteiger partial charge in [0, 0.05) is 32.5 Å². The van der Waals surface area contributed by atoms with Crippen molar-refractivity contribution in [3.63, 3.8) is 0 Å². The average molecular weight is 596 g/mol. The van der Waals surface area contributed by atoms with E-state index in [1.165, 1.54) is 21.3 Å². The molecule has 1 atom stereocenters. The fraction of sp³-hybridized carbons (Fsp3) is 0.394. The molecule has 9 heteroatoms. The zero-order chi connectivity index (χ0) is 30.9. The Labute approximate surface area is 249 Å². The maximum atomic E-state index is 13.9. The number of sulfonamides is 1. The van der Waals surface area contributed by atoms with E-state index in [-0.39, 0.29) is 49.5 Å². The van der Waals surface area contributed by atoms with Crippen molar-refractivity contribution in [1.29, 1.82) is 0 Å². The van der Waals surface area contributed by atoms with Crippen LogP contribution in [0.5, 0.6) is 0 Å². The molecule has 226 valence electrons. The summed E-state index contributed by atoms with van der Waals surface area (Å²) in [6.07, 6.45) is 1.74. The summed E-state index contributed by atoms with van der Waals surface area (Å²) in [5.41, 5.74) is 4.16. The summed E-state index contributed by atoms with van der Waals surface area (Å²) >= 11 is 0. The second-order valence-corrected chi connectivity index (χ2v) is 13.1. The van der Waals surface area contributed by atoms with Gasteiger partial charge in [0.2, 0.25) is 21.8 Å². The van der Waals surface area contributed by atoms with Crippen molar-refractivity contribution < 1.29 is 22.4 Å². The number of nitrogens with zero attached hydrogens (tertiary/aromatic N) is 2. The third kappa shape index (κ3) is 9.69. The predicted octanol–water partition coefficient (Wildman–Crippen LogP) is 5.40. The number of carbonyl (C=O) groups excluding carboxylic acids is 2. The second kappa shape index (κ2) is 15.0. The van der Waals surface area contributed by atoms with Gasteiger partial charge in [0.25, 0.3) is 0 Å². The van der Waals surface area contributed by atoms with E-state index in [9.17, 15) is 22.4 Å². The highest BCUT2D eigenvalue weighted by Crippen LogP contribution is 2.23. The van der Waals surface area contributed by atoms with Gasteiger partial charge in [-0.3, -0.25) is 13.9 Å². The van der Waals surface area contributed by atoms with E-state index >= 15 is 0 Å². The van der Waals surface area contributed by atoms with Crippen molar-refractivity contribution >= 4 is 27.5 Å². The summed E-state index contributed by atoms with van der Waals surface area (Å²) in [5.74, 6) is -0.719. The van der Waals surface area contributed by atoms with Crippen LogP contribution in [0.3, 0.4) is 0 Å². The number of halogens is 1. The van der Waals surface area contributed by atoms with Gasteiger partial charge in [-0.1, -0.05) is 62.4 Å². The number of hydrogen-bond acceptors (Lipinski definition) is 4. The predicted molar refractivity (Wildman–Crippen MR) is 166 cm³/mol. The number of nitrogens with one attached hydrogen (secondary N) is 1. The molecule has 0 saturated carbocycles. The Kier molecular flexibility index (Phi) is 11.7. The summed E-state index contributed by atoms with van der Waals surface area (Å²) in [6, 6.07) is 20.0. The van der Waals surface area contributed by atoms with Crippen LogP contribution in [0.1, 0.15) is 48.9 Å². The zero-order valence-corrected chi connectivity index (χ0v) is 26.0. The lowest BCUT2D eigenvalue weighted by Crippen LogP contribution is -2.51. The van der Waals surface area contributed by atoms with Crippen LogP contribution >= 0.6 is 0 Å². The second-order valence-electron chi connectivity index (χ2n) is 11.2. The van der Waals surface area contributed by atoms with Gasteiger partial charge in [0.15, 0.2) is 0 Å². The number of amides is 2. The summed E-state index contributed by atoms with van der Waals surface area (Å²) in [6.45, 7) is 8.56. The van der Waals surface area contributed by atoms with E-state index in [4.69, 9.17) is 0 Å². The molecule has 3 aromatic rings. The Morgan fingerprint density at radius 2 is 1.57 bits per heavy atom. The summed E-state index contributed by atoms with van der Waals surface area (Å²) in [4.78, 5) is 28.9. The molecule has 0 aliphatic carbocycles. The molecular formula is C33H42FN3O4S. The smallest absolute Gasteiger partial charge is 0.243 e. The minimum atomic E-state index is -3.60. The third-order valence-electron chi connectivity index (χ3n) is 7.15. The number of rotatable bonds is 14. The fourth-order valence-corrected chi connectivity index (χ4v) is 5.60. The SMILES string of the molecule is Cc1ccc(N(CCCC(=O)N(Cc2ccc(F)cc2)C(Cc2ccccc2)C(=O)NCC(C)C)S(C)(=O)=O)cc1C. The molecule has 7 nitrogen and oxygen atoms in total. The van der Waals surface area contributed by atoms with E-state index in [1.54, 1.807) is 18.2 Å². The molecule has 0 aliphatic heterocycles. The van der Waals surface area contributed by atoms with Crippen LogP contribution in [0, 0.1) is 25.6 Å². The van der Waals surface area contributed by atoms with E-state index in [0.717, 1.165) is 22.9 Å². The standard InChI is InChI=1S/C33H42FN3O4S/c1-24(2)22-35-33(39)31(21-27-10-7-6-8-11-27)36(23-28-14-16-29(34)17-15-28)32(38)12-9-19-37(42(5,40)41)30-18-13-25(3)26(4)20-30/h6-8,10-11,13-18,20,24,31H,9,12,19,21-23H2,1-5H3,(H,35,39). The molecule has 2 amide bonds. The maximum Gasteiger partial charge on any atom is 0.243 e. The minimum Gasteiger partial charge on any atom is -0.354 e. The number of hydrogen-bond donors (Lipinski definition) is 1. The Balaban J connectivity index is 1.88. The molecule has 0 aromatic heterocycles. The summed E-state index contributed by atoms with van der Waals surface area (Å²) in [7, 11) is -3.60.